The number of hydrogen-bond acceptors (Lipinski definition) is 5. The minimum Gasteiger partial charge on any atom is -0.468 e. The summed E-state index contributed by atoms with van der Waals surface area (Å²) < 4.78 is 9.85. The summed E-state index contributed by atoms with van der Waals surface area (Å²) in [6, 6.07) is 0. The number of methoxy groups -OCH3 is 1. The van der Waals surface area contributed by atoms with Crippen LogP contribution in [-0.2, 0) is 19.1 Å². The van der Waals surface area contributed by atoms with Crippen LogP contribution in [0.3, 0.4) is 0 Å². The van der Waals surface area contributed by atoms with E-state index in [9.17, 15) is 9.59 Å². The maximum absolute atomic E-state index is 11.4. The first-order chi connectivity index (χ1) is 8.08. The fraction of sp³-hybridized carbons (Fsp3) is 0.846. The molecule has 0 bridgehead atoms. The lowest BCUT2D eigenvalue weighted by atomic mass is 10.1. The topological polar surface area (TPSA) is 64.6 Å². The van der Waals surface area contributed by atoms with Crippen molar-refractivity contribution in [3.05, 3.63) is 0 Å². The summed E-state index contributed by atoms with van der Waals surface area (Å²) >= 11 is 0. The van der Waals surface area contributed by atoms with Crippen molar-refractivity contribution in [3.63, 3.8) is 0 Å². The van der Waals surface area contributed by atoms with Crippen molar-refractivity contribution in [2.45, 2.75) is 58.6 Å². The molecule has 18 heavy (non-hydrogen) atoms. The van der Waals surface area contributed by atoms with Gasteiger partial charge in [0, 0.05) is 6.42 Å². The molecule has 106 valence electrons. The highest BCUT2D eigenvalue weighted by molar-refractivity contribution is 5.79. The molecule has 0 radical (unpaired) electrons. The molecule has 0 rings (SSSR count). The number of esters is 2. The monoisotopic (exact) mass is 259 g/mol. The predicted molar refractivity (Wildman–Crippen MR) is 69.2 cm³/mol. The molecule has 0 aromatic rings. The molecule has 1 N–H and O–H groups in total. The summed E-state index contributed by atoms with van der Waals surface area (Å²) in [4.78, 5) is 22.8. The average Bonchev–Trinajstić information content (AvgIpc) is 2.20. The minimum atomic E-state index is -0.733. The molecule has 0 atom stereocenters. The number of carbonyl (C=O) groups is 2. The van der Waals surface area contributed by atoms with Gasteiger partial charge in [0.25, 0.3) is 0 Å². The fourth-order valence-electron chi connectivity index (χ4n) is 1.35. The highest BCUT2D eigenvalue weighted by atomic mass is 16.6. The van der Waals surface area contributed by atoms with Gasteiger partial charge in [0.05, 0.1) is 7.11 Å². The lowest BCUT2D eigenvalue weighted by Gasteiger charge is -2.23. The molecule has 0 fully saturated rings. The molecule has 0 aliphatic heterocycles. The molecule has 0 saturated carbocycles. The number of nitrogens with one attached hydrogen (secondary N) is 1. The van der Waals surface area contributed by atoms with Crippen molar-refractivity contribution in [2.24, 2.45) is 0 Å². The molecule has 0 aromatic carbocycles. The second kappa shape index (κ2) is 6.73. The van der Waals surface area contributed by atoms with Gasteiger partial charge in [-0.2, -0.15) is 0 Å². The SMILES string of the molecule is COC(=O)C(C)(C)NCCCC(=O)OC(C)(C)C. The Morgan fingerprint density at radius 3 is 2.11 bits per heavy atom. The van der Waals surface area contributed by atoms with E-state index >= 15 is 0 Å². The molecule has 0 aliphatic rings. The molecular weight excluding hydrogens is 234 g/mol. The van der Waals surface area contributed by atoms with E-state index in [0.717, 1.165) is 0 Å². The molecule has 0 heterocycles. The first-order valence-electron chi connectivity index (χ1n) is 6.14. The van der Waals surface area contributed by atoms with Crippen LogP contribution in [-0.4, -0.2) is 36.7 Å². The van der Waals surface area contributed by atoms with Crippen LogP contribution in [0.4, 0.5) is 0 Å². The zero-order valence-corrected chi connectivity index (χ0v) is 12.3. The van der Waals surface area contributed by atoms with Gasteiger partial charge in [-0.3, -0.25) is 9.59 Å². The van der Waals surface area contributed by atoms with Crippen molar-refractivity contribution in [1.29, 1.82) is 0 Å². The quantitative estimate of drug-likeness (QED) is 0.580. The average molecular weight is 259 g/mol. The summed E-state index contributed by atoms with van der Waals surface area (Å²) in [5.74, 6) is -0.542. The molecular formula is C13H25NO4. The third-order valence-corrected chi connectivity index (χ3v) is 2.24. The van der Waals surface area contributed by atoms with Crippen LogP contribution in [0.5, 0.6) is 0 Å². The minimum absolute atomic E-state index is 0.222. The van der Waals surface area contributed by atoms with E-state index in [4.69, 9.17) is 4.74 Å². The van der Waals surface area contributed by atoms with Crippen molar-refractivity contribution in [1.82, 2.24) is 5.32 Å². The molecule has 0 aliphatic carbocycles. The van der Waals surface area contributed by atoms with Gasteiger partial charge in [-0.25, -0.2) is 0 Å². The Balaban J connectivity index is 3.87. The summed E-state index contributed by atoms with van der Waals surface area (Å²) in [5, 5.41) is 3.05. The summed E-state index contributed by atoms with van der Waals surface area (Å²) in [6.07, 6.45) is 0.955. The normalized spacial score (nSPS) is 12.1. The van der Waals surface area contributed by atoms with Gasteiger partial charge in [0.2, 0.25) is 0 Å². The molecule has 5 nitrogen and oxygen atoms in total. The number of hydrogen-bond donors (Lipinski definition) is 1. The largest absolute Gasteiger partial charge is 0.468 e. The Morgan fingerprint density at radius 2 is 1.67 bits per heavy atom. The number of rotatable bonds is 6. The zero-order chi connectivity index (χ0) is 14.4. The molecule has 0 amide bonds. The van der Waals surface area contributed by atoms with Gasteiger partial charge in [0.1, 0.15) is 11.1 Å². The van der Waals surface area contributed by atoms with Gasteiger partial charge in [-0.1, -0.05) is 0 Å². The lowest BCUT2D eigenvalue weighted by Crippen LogP contribution is -2.47. The molecule has 0 spiro atoms. The van der Waals surface area contributed by atoms with Crippen molar-refractivity contribution in [3.8, 4) is 0 Å². The van der Waals surface area contributed by atoms with Crippen molar-refractivity contribution in [2.75, 3.05) is 13.7 Å². The van der Waals surface area contributed by atoms with Crippen LogP contribution in [0, 0.1) is 0 Å². The van der Waals surface area contributed by atoms with Gasteiger partial charge < -0.3 is 14.8 Å². The first kappa shape index (κ1) is 16.9. The van der Waals surface area contributed by atoms with Crippen LogP contribution < -0.4 is 5.32 Å². The summed E-state index contributed by atoms with van der Waals surface area (Å²) in [7, 11) is 1.35. The number of ether oxygens (including phenoxy) is 2. The van der Waals surface area contributed by atoms with Gasteiger partial charge >= 0.3 is 11.9 Å². The second-order valence-corrected chi connectivity index (χ2v) is 5.73. The van der Waals surface area contributed by atoms with Crippen molar-refractivity contribution < 1.29 is 19.1 Å². The maximum atomic E-state index is 11.4. The van der Waals surface area contributed by atoms with Crippen LogP contribution in [0.15, 0.2) is 0 Å². The van der Waals surface area contributed by atoms with Gasteiger partial charge in [-0.15, -0.1) is 0 Å². The third kappa shape index (κ3) is 7.27. The van der Waals surface area contributed by atoms with E-state index in [1.165, 1.54) is 7.11 Å². The Kier molecular flexibility index (Phi) is 6.32. The fourth-order valence-corrected chi connectivity index (χ4v) is 1.35. The van der Waals surface area contributed by atoms with E-state index in [1.54, 1.807) is 13.8 Å². The van der Waals surface area contributed by atoms with Crippen LogP contribution in [0.1, 0.15) is 47.5 Å². The Hall–Kier alpha value is -1.10. The van der Waals surface area contributed by atoms with E-state index in [0.29, 0.717) is 19.4 Å². The Labute approximate surface area is 109 Å². The summed E-state index contributed by atoms with van der Waals surface area (Å²) in [6.45, 7) is 9.55. The van der Waals surface area contributed by atoms with Crippen molar-refractivity contribution >= 4 is 11.9 Å². The third-order valence-electron chi connectivity index (χ3n) is 2.24. The Morgan fingerprint density at radius 1 is 1.11 bits per heavy atom. The highest BCUT2D eigenvalue weighted by Gasteiger charge is 2.27. The van der Waals surface area contributed by atoms with Crippen LogP contribution >= 0.6 is 0 Å². The standard InChI is InChI=1S/C13H25NO4/c1-12(2,3)18-10(15)8-7-9-14-13(4,5)11(16)17-6/h14H,7-9H2,1-6H3. The second-order valence-electron chi connectivity index (χ2n) is 5.73. The zero-order valence-electron chi connectivity index (χ0n) is 12.3. The van der Waals surface area contributed by atoms with Gasteiger partial charge in [0.15, 0.2) is 0 Å². The molecule has 0 unspecified atom stereocenters. The van der Waals surface area contributed by atoms with Gasteiger partial charge in [-0.05, 0) is 47.6 Å². The van der Waals surface area contributed by atoms with E-state index in [-0.39, 0.29) is 11.9 Å². The van der Waals surface area contributed by atoms with E-state index in [1.807, 2.05) is 20.8 Å². The van der Waals surface area contributed by atoms with E-state index in [2.05, 4.69) is 10.1 Å². The van der Waals surface area contributed by atoms with Crippen LogP contribution in [0.25, 0.3) is 0 Å². The maximum Gasteiger partial charge on any atom is 0.325 e. The lowest BCUT2D eigenvalue weighted by molar-refractivity contribution is -0.154. The summed E-state index contributed by atoms with van der Waals surface area (Å²) in [5.41, 5.74) is -1.18. The predicted octanol–water partition coefficient (Wildman–Crippen LogP) is 1.65. The van der Waals surface area contributed by atoms with E-state index < -0.39 is 11.1 Å². The Bertz CT molecular complexity index is 292. The smallest absolute Gasteiger partial charge is 0.325 e. The molecule has 0 aromatic heterocycles. The number of carbonyl (C=O) groups excluding carboxylic acids is 2. The first-order valence-corrected chi connectivity index (χ1v) is 6.14. The molecule has 0 saturated heterocycles. The molecule has 5 heteroatoms. The highest BCUT2D eigenvalue weighted by Crippen LogP contribution is 2.09. The van der Waals surface area contributed by atoms with Crippen LogP contribution in [0.2, 0.25) is 0 Å².